The molecule has 0 aliphatic heterocycles. The molecule has 0 bridgehead atoms. The quantitative estimate of drug-likeness (QED) is 0.500. The second-order valence-corrected chi connectivity index (χ2v) is 4.26. The minimum absolute atomic E-state index is 0.0958. The number of thioether (sulfide) groups is 1. The lowest BCUT2D eigenvalue weighted by atomic mass is 10.3. The molecule has 1 aromatic carbocycles. The molecule has 2 aromatic rings. The van der Waals surface area contributed by atoms with Gasteiger partial charge in [0.2, 0.25) is 5.88 Å². The van der Waals surface area contributed by atoms with Crippen LogP contribution in [0.25, 0.3) is 0 Å². The molecule has 0 saturated carbocycles. The molecule has 0 amide bonds. The second kappa shape index (κ2) is 5.50. The molecule has 0 unspecified atom stereocenters. The lowest BCUT2D eigenvalue weighted by Gasteiger charge is -2.10. The molecule has 0 radical (unpaired) electrons. The van der Waals surface area contributed by atoms with Crippen molar-refractivity contribution >= 4 is 17.6 Å². The van der Waals surface area contributed by atoms with Gasteiger partial charge in [0.1, 0.15) is 11.6 Å². The highest BCUT2D eigenvalue weighted by Crippen LogP contribution is 2.31. The van der Waals surface area contributed by atoms with E-state index in [1.54, 1.807) is 17.8 Å². The number of hydrogen-bond donors (Lipinski definition) is 2. The summed E-state index contributed by atoms with van der Waals surface area (Å²) in [5.41, 5.74) is 5.90. The molecule has 18 heavy (non-hydrogen) atoms. The molecule has 2 rings (SSSR count). The van der Waals surface area contributed by atoms with Gasteiger partial charge >= 0.3 is 0 Å². The van der Waals surface area contributed by atoms with E-state index in [2.05, 4.69) is 10.2 Å². The van der Waals surface area contributed by atoms with Crippen molar-refractivity contribution in [2.24, 2.45) is 5.73 Å². The first kappa shape index (κ1) is 12.4. The van der Waals surface area contributed by atoms with E-state index in [0.29, 0.717) is 11.3 Å². The van der Waals surface area contributed by atoms with Crippen LogP contribution in [-0.4, -0.2) is 22.3 Å². The maximum absolute atomic E-state index is 7.47. The molecule has 5 nitrogen and oxygen atoms in total. The minimum atomic E-state index is -0.0958. The van der Waals surface area contributed by atoms with E-state index < -0.39 is 0 Å². The van der Waals surface area contributed by atoms with Crippen LogP contribution >= 0.6 is 11.8 Å². The number of aromatic nitrogens is 2. The van der Waals surface area contributed by atoms with E-state index in [0.717, 1.165) is 4.90 Å². The van der Waals surface area contributed by atoms with Crippen molar-refractivity contribution in [1.82, 2.24) is 10.2 Å². The van der Waals surface area contributed by atoms with Crippen LogP contribution in [-0.2, 0) is 0 Å². The first-order chi connectivity index (χ1) is 8.72. The predicted octanol–water partition coefficient (Wildman–Crippen LogP) is 2.27. The number of para-hydroxylation sites is 1. The Hall–Kier alpha value is -2.08. The highest BCUT2D eigenvalue weighted by molar-refractivity contribution is 7.98. The van der Waals surface area contributed by atoms with Crippen LogP contribution in [0.2, 0.25) is 0 Å². The third kappa shape index (κ3) is 2.60. The van der Waals surface area contributed by atoms with E-state index in [1.165, 1.54) is 6.20 Å². The Morgan fingerprint density at radius 3 is 2.83 bits per heavy atom. The fraction of sp³-hybridized carbons (Fsp3) is 0.0833. The Morgan fingerprint density at radius 2 is 2.11 bits per heavy atom. The third-order valence-electron chi connectivity index (χ3n) is 2.25. The van der Waals surface area contributed by atoms with E-state index in [4.69, 9.17) is 15.9 Å². The van der Waals surface area contributed by atoms with Crippen molar-refractivity contribution in [3.63, 3.8) is 0 Å². The van der Waals surface area contributed by atoms with E-state index in [-0.39, 0.29) is 11.7 Å². The summed E-state index contributed by atoms with van der Waals surface area (Å²) in [7, 11) is 0. The molecule has 0 spiro atoms. The maximum atomic E-state index is 7.47. The van der Waals surface area contributed by atoms with Gasteiger partial charge in [0.25, 0.3) is 0 Å². The number of rotatable bonds is 4. The van der Waals surface area contributed by atoms with Crippen LogP contribution in [0.1, 0.15) is 5.56 Å². The fourth-order valence-electron chi connectivity index (χ4n) is 1.41. The van der Waals surface area contributed by atoms with Crippen LogP contribution < -0.4 is 10.5 Å². The van der Waals surface area contributed by atoms with Crippen LogP contribution in [0.5, 0.6) is 11.6 Å². The Kier molecular flexibility index (Phi) is 3.78. The summed E-state index contributed by atoms with van der Waals surface area (Å²) in [6, 6.07) is 9.20. The van der Waals surface area contributed by atoms with Crippen LogP contribution in [0.3, 0.4) is 0 Å². The Morgan fingerprint density at radius 1 is 1.33 bits per heavy atom. The van der Waals surface area contributed by atoms with Crippen LogP contribution in [0.4, 0.5) is 0 Å². The van der Waals surface area contributed by atoms with Gasteiger partial charge in [-0.2, -0.15) is 5.10 Å². The number of amidine groups is 1. The van der Waals surface area contributed by atoms with Crippen molar-refractivity contribution in [2.45, 2.75) is 4.90 Å². The zero-order valence-corrected chi connectivity index (χ0v) is 10.6. The number of nitrogens with one attached hydrogen (secondary N) is 1. The second-order valence-electron chi connectivity index (χ2n) is 3.42. The van der Waals surface area contributed by atoms with Crippen molar-refractivity contribution < 1.29 is 4.74 Å². The third-order valence-corrected chi connectivity index (χ3v) is 3.03. The van der Waals surface area contributed by atoms with Crippen molar-refractivity contribution in [1.29, 1.82) is 5.41 Å². The molecular formula is C12H12N4OS. The topological polar surface area (TPSA) is 84.9 Å². The highest BCUT2D eigenvalue weighted by Gasteiger charge is 2.11. The molecule has 92 valence electrons. The van der Waals surface area contributed by atoms with Crippen molar-refractivity contribution in [3.8, 4) is 11.6 Å². The monoisotopic (exact) mass is 260 g/mol. The molecule has 1 aromatic heterocycles. The molecule has 3 N–H and O–H groups in total. The van der Waals surface area contributed by atoms with Gasteiger partial charge in [0.15, 0.2) is 0 Å². The normalized spacial score (nSPS) is 10.1. The number of nitrogens with zero attached hydrogens (tertiary/aromatic N) is 2. The lowest BCUT2D eigenvalue weighted by Crippen LogP contribution is -2.13. The van der Waals surface area contributed by atoms with Gasteiger partial charge in [-0.25, -0.2) is 0 Å². The van der Waals surface area contributed by atoms with Gasteiger partial charge in [-0.05, 0) is 24.5 Å². The summed E-state index contributed by atoms with van der Waals surface area (Å²) >= 11 is 1.57. The smallest absolute Gasteiger partial charge is 0.249 e. The van der Waals surface area contributed by atoms with E-state index >= 15 is 0 Å². The molecule has 0 aliphatic rings. The number of ether oxygens (including phenoxy) is 1. The van der Waals surface area contributed by atoms with Gasteiger partial charge in [-0.3, -0.25) is 5.41 Å². The Balaban J connectivity index is 2.37. The van der Waals surface area contributed by atoms with Gasteiger partial charge < -0.3 is 10.5 Å². The molecular weight excluding hydrogens is 248 g/mol. The Bertz CT molecular complexity index is 574. The summed E-state index contributed by atoms with van der Waals surface area (Å²) in [6.45, 7) is 0. The average molecular weight is 260 g/mol. The molecule has 0 fully saturated rings. The van der Waals surface area contributed by atoms with Crippen molar-refractivity contribution in [3.05, 3.63) is 42.1 Å². The predicted molar refractivity (Wildman–Crippen MR) is 71.3 cm³/mol. The van der Waals surface area contributed by atoms with Gasteiger partial charge in [-0.1, -0.05) is 12.1 Å². The van der Waals surface area contributed by atoms with E-state index in [1.807, 2.05) is 30.5 Å². The zero-order valence-electron chi connectivity index (χ0n) is 9.75. The maximum Gasteiger partial charge on any atom is 0.249 e. The summed E-state index contributed by atoms with van der Waals surface area (Å²) < 4.78 is 5.68. The molecule has 0 aliphatic carbocycles. The van der Waals surface area contributed by atoms with Crippen molar-refractivity contribution in [2.75, 3.05) is 6.26 Å². The van der Waals surface area contributed by atoms with E-state index in [9.17, 15) is 0 Å². The summed E-state index contributed by atoms with van der Waals surface area (Å²) in [6.07, 6.45) is 3.44. The standard InChI is InChI=1S/C12H12N4OS/c1-18-10-5-3-2-4-9(10)17-12-8(11(13)14)6-7-15-16-12/h2-7H,1H3,(H3,13,14). The average Bonchev–Trinajstić information content (AvgIpc) is 2.40. The molecule has 0 saturated heterocycles. The fourth-order valence-corrected chi connectivity index (χ4v) is 1.93. The molecule has 1 heterocycles. The van der Waals surface area contributed by atoms with Crippen LogP contribution in [0.15, 0.2) is 41.4 Å². The van der Waals surface area contributed by atoms with Gasteiger partial charge in [0.05, 0.1) is 11.8 Å². The lowest BCUT2D eigenvalue weighted by molar-refractivity contribution is 0.444. The van der Waals surface area contributed by atoms with Crippen LogP contribution in [0, 0.1) is 5.41 Å². The highest BCUT2D eigenvalue weighted by atomic mass is 32.2. The zero-order chi connectivity index (χ0) is 13.0. The summed E-state index contributed by atoms with van der Waals surface area (Å²) in [5.74, 6) is 0.820. The number of nitrogens with two attached hydrogens (primary N) is 1. The largest absolute Gasteiger partial charge is 0.436 e. The first-order valence-corrected chi connectivity index (χ1v) is 6.42. The van der Waals surface area contributed by atoms with Gasteiger partial charge in [-0.15, -0.1) is 16.9 Å². The molecule has 6 heteroatoms. The minimum Gasteiger partial charge on any atom is -0.436 e. The summed E-state index contributed by atoms with van der Waals surface area (Å²) in [4.78, 5) is 0.984. The Labute approximate surface area is 109 Å². The van der Waals surface area contributed by atoms with Gasteiger partial charge in [0, 0.05) is 4.90 Å². The number of nitrogen functional groups attached to an aromatic ring is 1. The molecule has 0 atom stereocenters. The number of hydrogen-bond acceptors (Lipinski definition) is 5. The SMILES string of the molecule is CSc1ccccc1Oc1nnccc1C(=N)N. The summed E-state index contributed by atoms with van der Waals surface area (Å²) in [5, 5.41) is 15.1. The first-order valence-electron chi connectivity index (χ1n) is 5.19. The number of benzene rings is 1.